The molecule has 120 valence electrons. The van der Waals surface area contributed by atoms with Crippen molar-refractivity contribution >= 4 is 33.6 Å². The van der Waals surface area contributed by atoms with Crippen LogP contribution < -0.4 is 5.32 Å². The van der Waals surface area contributed by atoms with E-state index >= 15 is 0 Å². The number of hydrogen-bond acceptors (Lipinski definition) is 4. The molecule has 3 nitrogen and oxygen atoms in total. The van der Waals surface area contributed by atoms with Gasteiger partial charge in [-0.3, -0.25) is 9.59 Å². The Hall–Kier alpha value is -2.72. The van der Waals surface area contributed by atoms with E-state index in [9.17, 15) is 9.59 Å². The Morgan fingerprint density at radius 2 is 1.50 bits per heavy atom. The topological polar surface area (TPSA) is 46.2 Å². The van der Waals surface area contributed by atoms with E-state index in [1.54, 1.807) is 12.1 Å². The molecule has 0 amide bonds. The molecule has 0 saturated heterocycles. The molecule has 0 unspecified atom stereocenters. The van der Waals surface area contributed by atoms with Crippen LogP contribution in [0.2, 0.25) is 0 Å². The van der Waals surface area contributed by atoms with Gasteiger partial charge in [-0.05, 0) is 31.5 Å². The molecule has 0 aliphatic heterocycles. The van der Waals surface area contributed by atoms with Crippen LogP contribution in [0.5, 0.6) is 0 Å². The average Bonchev–Trinajstić information content (AvgIpc) is 2.92. The van der Waals surface area contributed by atoms with Gasteiger partial charge in [-0.1, -0.05) is 48.5 Å². The van der Waals surface area contributed by atoms with Crippen LogP contribution in [0, 0.1) is 6.92 Å². The summed E-state index contributed by atoms with van der Waals surface area (Å²) in [5.41, 5.74) is 2.81. The first-order valence-electron chi connectivity index (χ1n) is 7.64. The molecule has 0 fully saturated rings. The van der Waals surface area contributed by atoms with Crippen molar-refractivity contribution in [1.82, 2.24) is 0 Å². The second-order valence-corrected chi connectivity index (χ2v) is 6.52. The predicted octanol–water partition coefficient (Wildman–Crippen LogP) is 5.23. The van der Waals surface area contributed by atoms with Crippen LogP contribution in [0.25, 0.3) is 0 Å². The number of para-hydroxylation sites is 1. The summed E-state index contributed by atoms with van der Waals surface area (Å²) in [4.78, 5) is 25.5. The van der Waals surface area contributed by atoms with Crippen molar-refractivity contribution in [2.75, 3.05) is 5.32 Å². The van der Waals surface area contributed by atoms with Crippen molar-refractivity contribution in [1.29, 1.82) is 0 Å². The minimum atomic E-state index is -0.0738. The molecule has 0 radical (unpaired) electrons. The molecule has 2 aromatic carbocycles. The number of carbonyl (C=O) groups excluding carboxylic acids is 2. The summed E-state index contributed by atoms with van der Waals surface area (Å²) in [7, 11) is 0. The number of ketones is 2. The number of hydrogen-bond donors (Lipinski definition) is 1. The maximum absolute atomic E-state index is 13.0. The van der Waals surface area contributed by atoms with Crippen molar-refractivity contribution in [3.63, 3.8) is 0 Å². The molecule has 0 saturated carbocycles. The number of anilines is 2. The normalized spacial score (nSPS) is 10.4. The first-order valence-corrected chi connectivity index (χ1v) is 8.45. The third kappa shape index (κ3) is 3.14. The van der Waals surface area contributed by atoms with Gasteiger partial charge in [0, 0.05) is 11.3 Å². The van der Waals surface area contributed by atoms with Crippen LogP contribution in [-0.2, 0) is 0 Å². The van der Waals surface area contributed by atoms with Crippen molar-refractivity contribution in [2.45, 2.75) is 13.8 Å². The highest BCUT2D eigenvalue weighted by atomic mass is 32.1. The zero-order chi connectivity index (χ0) is 17.1. The van der Waals surface area contributed by atoms with Gasteiger partial charge in [0.15, 0.2) is 11.6 Å². The number of Topliss-reactive ketones (excluding diaryl/α,β-unsaturated/α-hetero) is 1. The minimum absolute atomic E-state index is 0.0271. The zero-order valence-corrected chi connectivity index (χ0v) is 14.3. The molecule has 24 heavy (non-hydrogen) atoms. The minimum Gasteiger partial charge on any atom is -0.347 e. The highest BCUT2D eigenvalue weighted by molar-refractivity contribution is 7.18. The first kappa shape index (κ1) is 16.1. The highest BCUT2D eigenvalue weighted by Gasteiger charge is 2.24. The Morgan fingerprint density at radius 1 is 0.917 bits per heavy atom. The van der Waals surface area contributed by atoms with E-state index in [1.165, 1.54) is 18.3 Å². The lowest BCUT2D eigenvalue weighted by atomic mass is 10.0. The largest absolute Gasteiger partial charge is 0.347 e. The van der Waals surface area contributed by atoms with Crippen LogP contribution in [0.15, 0.2) is 60.7 Å². The van der Waals surface area contributed by atoms with E-state index in [1.807, 2.05) is 55.5 Å². The van der Waals surface area contributed by atoms with Gasteiger partial charge in [0.25, 0.3) is 0 Å². The molecule has 3 aromatic rings. The zero-order valence-electron chi connectivity index (χ0n) is 13.5. The highest BCUT2D eigenvalue weighted by Crippen LogP contribution is 2.36. The lowest BCUT2D eigenvalue weighted by Gasteiger charge is -2.08. The molecule has 1 aromatic heterocycles. The molecular weight excluding hydrogens is 318 g/mol. The number of thiophene rings is 1. The Labute approximate surface area is 145 Å². The molecule has 0 spiro atoms. The maximum Gasteiger partial charge on any atom is 0.196 e. The Bertz CT molecular complexity index is 883. The van der Waals surface area contributed by atoms with Gasteiger partial charge in [-0.2, -0.15) is 0 Å². The van der Waals surface area contributed by atoms with Crippen LogP contribution in [0.3, 0.4) is 0 Å². The van der Waals surface area contributed by atoms with Gasteiger partial charge >= 0.3 is 0 Å². The summed E-state index contributed by atoms with van der Waals surface area (Å²) in [6.45, 7) is 3.36. The van der Waals surface area contributed by atoms with Crippen molar-refractivity contribution in [3.8, 4) is 0 Å². The monoisotopic (exact) mass is 335 g/mol. The van der Waals surface area contributed by atoms with Crippen LogP contribution in [0.4, 0.5) is 10.7 Å². The van der Waals surface area contributed by atoms with Gasteiger partial charge in [0.1, 0.15) is 5.00 Å². The number of rotatable bonds is 5. The van der Waals surface area contributed by atoms with E-state index in [2.05, 4.69) is 5.32 Å². The van der Waals surface area contributed by atoms with Gasteiger partial charge in [-0.15, -0.1) is 11.3 Å². The SMILES string of the molecule is CC(=O)c1sc(Nc2ccccc2)c(C(=O)c2ccccc2)c1C. The smallest absolute Gasteiger partial charge is 0.196 e. The molecule has 0 aliphatic rings. The van der Waals surface area contributed by atoms with Gasteiger partial charge in [0.2, 0.25) is 0 Å². The summed E-state index contributed by atoms with van der Waals surface area (Å²) >= 11 is 1.33. The lowest BCUT2D eigenvalue weighted by Crippen LogP contribution is -2.05. The predicted molar refractivity (Wildman–Crippen MR) is 98.7 cm³/mol. The number of carbonyl (C=O) groups is 2. The summed E-state index contributed by atoms with van der Waals surface area (Å²) in [5.74, 6) is -0.101. The van der Waals surface area contributed by atoms with Gasteiger partial charge < -0.3 is 5.32 Å². The number of nitrogens with one attached hydrogen (secondary N) is 1. The molecule has 0 aliphatic carbocycles. The average molecular weight is 335 g/mol. The van der Waals surface area contributed by atoms with E-state index < -0.39 is 0 Å². The molecule has 1 heterocycles. The van der Waals surface area contributed by atoms with E-state index in [0.717, 1.165) is 11.3 Å². The standard InChI is InChI=1S/C20H17NO2S/c1-13-17(18(23)15-9-5-3-6-10-15)20(24-19(13)14(2)22)21-16-11-7-4-8-12-16/h3-12,21H,1-2H3. The molecular formula is C20H17NO2S. The fourth-order valence-corrected chi connectivity index (χ4v) is 3.72. The van der Waals surface area contributed by atoms with Gasteiger partial charge in [0.05, 0.1) is 10.4 Å². The van der Waals surface area contributed by atoms with Crippen LogP contribution in [0.1, 0.15) is 38.1 Å². The third-order valence-electron chi connectivity index (χ3n) is 3.76. The van der Waals surface area contributed by atoms with Crippen molar-refractivity contribution < 1.29 is 9.59 Å². The van der Waals surface area contributed by atoms with Crippen LogP contribution >= 0.6 is 11.3 Å². The summed E-state index contributed by atoms with van der Waals surface area (Å²) in [6, 6.07) is 18.8. The summed E-state index contributed by atoms with van der Waals surface area (Å²) < 4.78 is 0. The summed E-state index contributed by atoms with van der Waals surface area (Å²) in [5, 5.41) is 3.99. The lowest BCUT2D eigenvalue weighted by molar-refractivity contribution is 0.102. The fourth-order valence-electron chi connectivity index (χ4n) is 2.60. The van der Waals surface area contributed by atoms with Gasteiger partial charge in [-0.25, -0.2) is 0 Å². The third-order valence-corrected chi connectivity index (χ3v) is 5.07. The Balaban J connectivity index is 2.09. The first-order chi connectivity index (χ1) is 11.6. The maximum atomic E-state index is 13.0. The quantitative estimate of drug-likeness (QED) is 0.649. The number of benzene rings is 2. The second kappa shape index (κ2) is 6.81. The molecule has 0 atom stereocenters. The molecule has 3 rings (SSSR count). The van der Waals surface area contributed by atoms with Crippen molar-refractivity contribution in [2.24, 2.45) is 0 Å². The molecule has 4 heteroatoms. The van der Waals surface area contributed by atoms with E-state index in [0.29, 0.717) is 21.0 Å². The van der Waals surface area contributed by atoms with E-state index in [4.69, 9.17) is 0 Å². The summed E-state index contributed by atoms with van der Waals surface area (Å²) in [6.07, 6.45) is 0. The Morgan fingerprint density at radius 3 is 2.08 bits per heavy atom. The van der Waals surface area contributed by atoms with Crippen LogP contribution in [-0.4, -0.2) is 11.6 Å². The molecule has 1 N–H and O–H groups in total. The fraction of sp³-hybridized carbons (Fsp3) is 0.100. The van der Waals surface area contributed by atoms with E-state index in [-0.39, 0.29) is 11.6 Å². The Kier molecular flexibility index (Phi) is 4.58. The van der Waals surface area contributed by atoms with Crippen molar-refractivity contribution in [3.05, 3.63) is 82.2 Å². The second-order valence-electron chi connectivity index (χ2n) is 5.50. The molecule has 0 bridgehead atoms.